The van der Waals surface area contributed by atoms with Crippen LogP contribution in [-0.2, 0) is 20.9 Å². The first kappa shape index (κ1) is 20.2. The lowest BCUT2D eigenvalue weighted by molar-refractivity contribution is -0.151. The molecule has 1 aliphatic rings. The number of hydrogen-bond donors (Lipinski definition) is 0. The molecule has 0 aliphatic carbocycles. The van der Waals surface area contributed by atoms with E-state index in [9.17, 15) is 14.4 Å². The molecule has 0 unspecified atom stereocenters. The summed E-state index contributed by atoms with van der Waals surface area (Å²) in [4.78, 5) is 51.3. The lowest BCUT2D eigenvalue weighted by Gasteiger charge is -2.31. The first-order chi connectivity index (χ1) is 13.5. The smallest absolute Gasteiger partial charge is 0.309 e. The zero-order chi connectivity index (χ0) is 20.1. The molecule has 0 N–H and O–H groups in total. The van der Waals surface area contributed by atoms with E-state index in [0.29, 0.717) is 43.3 Å². The number of carbonyl (C=O) groups is 2. The molecule has 1 amide bonds. The average Bonchev–Trinajstić information content (AvgIpc) is 2.70. The van der Waals surface area contributed by atoms with Crippen molar-refractivity contribution in [2.45, 2.75) is 38.4 Å². The van der Waals surface area contributed by atoms with Gasteiger partial charge in [0, 0.05) is 19.3 Å². The third kappa shape index (κ3) is 4.49. The van der Waals surface area contributed by atoms with Crippen LogP contribution in [0.1, 0.15) is 26.7 Å². The Morgan fingerprint density at radius 1 is 1.25 bits per heavy atom. The Labute approximate surface area is 166 Å². The predicted octanol–water partition coefficient (Wildman–Crippen LogP) is 1.10. The van der Waals surface area contributed by atoms with Gasteiger partial charge in [-0.3, -0.25) is 19.0 Å². The molecule has 150 valence electrons. The molecule has 0 radical (unpaired) electrons. The number of likely N-dealkylation sites (tertiary alicyclic amines) is 1. The molecule has 3 heterocycles. The van der Waals surface area contributed by atoms with Crippen LogP contribution < -0.4 is 5.56 Å². The molecule has 0 spiro atoms. The quantitative estimate of drug-likeness (QED) is 0.399. The number of amides is 1. The topological polar surface area (TPSA) is 107 Å². The number of hydrogen-bond acceptors (Lipinski definition) is 8. The van der Waals surface area contributed by atoms with E-state index in [2.05, 4.69) is 15.0 Å². The number of aromatic nitrogens is 4. The minimum Gasteiger partial charge on any atom is -0.466 e. The zero-order valence-electron chi connectivity index (χ0n) is 16.0. The summed E-state index contributed by atoms with van der Waals surface area (Å²) in [6.07, 6.45) is 3.95. The standard InChI is InChI=1S/C18H23N5O4S/c1-3-27-17(26)12-5-7-22(8-6-12)14(24)10-23-11-20-15-13(16(23)25)9-19-18(21-15)28-4-2/h9,11-12H,3-8,10H2,1-2H3. The zero-order valence-corrected chi connectivity index (χ0v) is 16.8. The highest BCUT2D eigenvalue weighted by molar-refractivity contribution is 7.99. The summed E-state index contributed by atoms with van der Waals surface area (Å²) < 4.78 is 6.32. The summed E-state index contributed by atoms with van der Waals surface area (Å²) in [5.41, 5.74) is -0.0114. The molecule has 0 saturated carbocycles. The van der Waals surface area contributed by atoms with Gasteiger partial charge in [0.2, 0.25) is 5.91 Å². The molecule has 0 atom stereocenters. The molecule has 2 aromatic rings. The first-order valence-corrected chi connectivity index (χ1v) is 10.3. The van der Waals surface area contributed by atoms with Crippen LogP contribution in [0.3, 0.4) is 0 Å². The lowest BCUT2D eigenvalue weighted by atomic mass is 9.97. The fourth-order valence-electron chi connectivity index (χ4n) is 3.12. The van der Waals surface area contributed by atoms with Crippen molar-refractivity contribution in [3.05, 3.63) is 22.9 Å². The number of carbonyl (C=O) groups excluding carboxylic acids is 2. The van der Waals surface area contributed by atoms with Crippen molar-refractivity contribution < 1.29 is 14.3 Å². The third-order valence-corrected chi connectivity index (χ3v) is 5.35. The van der Waals surface area contributed by atoms with E-state index in [1.54, 1.807) is 11.8 Å². The second-order valence-electron chi connectivity index (χ2n) is 6.41. The van der Waals surface area contributed by atoms with Crippen molar-refractivity contribution in [2.75, 3.05) is 25.4 Å². The SMILES string of the molecule is CCOC(=O)C1CCN(C(=O)Cn2cnc3nc(SCC)ncc3c2=O)CC1. The molecule has 0 bridgehead atoms. The summed E-state index contributed by atoms with van der Waals surface area (Å²) in [5, 5.41) is 0.858. The number of nitrogens with zero attached hydrogens (tertiary/aromatic N) is 5. The summed E-state index contributed by atoms with van der Waals surface area (Å²) in [6, 6.07) is 0. The average molecular weight is 405 g/mol. The minimum atomic E-state index is -0.340. The third-order valence-electron chi connectivity index (χ3n) is 4.60. The second-order valence-corrected chi connectivity index (χ2v) is 7.64. The fraction of sp³-hybridized carbons (Fsp3) is 0.556. The molecule has 10 heteroatoms. The Hall–Kier alpha value is -2.49. The van der Waals surface area contributed by atoms with E-state index in [-0.39, 0.29) is 35.3 Å². The highest BCUT2D eigenvalue weighted by Gasteiger charge is 2.28. The number of piperidine rings is 1. The molecule has 9 nitrogen and oxygen atoms in total. The molecule has 1 saturated heterocycles. The Bertz CT molecular complexity index is 924. The van der Waals surface area contributed by atoms with E-state index in [4.69, 9.17) is 4.74 Å². The largest absolute Gasteiger partial charge is 0.466 e. The number of ether oxygens (including phenoxy) is 1. The van der Waals surface area contributed by atoms with Crippen molar-refractivity contribution in [3.63, 3.8) is 0 Å². The van der Waals surface area contributed by atoms with Gasteiger partial charge in [0.25, 0.3) is 5.56 Å². The van der Waals surface area contributed by atoms with E-state index in [1.807, 2.05) is 6.92 Å². The molecule has 0 aromatic carbocycles. The summed E-state index contributed by atoms with van der Waals surface area (Å²) in [6.45, 7) is 4.97. The lowest BCUT2D eigenvalue weighted by Crippen LogP contribution is -2.43. The van der Waals surface area contributed by atoms with Crippen LogP contribution >= 0.6 is 11.8 Å². The Balaban J connectivity index is 1.67. The van der Waals surface area contributed by atoms with Gasteiger partial charge in [-0.1, -0.05) is 18.7 Å². The number of esters is 1. The normalized spacial score (nSPS) is 15.0. The minimum absolute atomic E-state index is 0.0999. The molecule has 1 aliphatic heterocycles. The van der Waals surface area contributed by atoms with Gasteiger partial charge >= 0.3 is 5.97 Å². The summed E-state index contributed by atoms with van der Waals surface area (Å²) in [5.74, 6) is 0.278. The Kier molecular flexibility index (Phi) is 6.61. The highest BCUT2D eigenvalue weighted by Crippen LogP contribution is 2.19. The van der Waals surface area contributed by atoms with Crippen molar-refractivity contribution in [2.24, 2.45) is 5.92 Å². The van der Waals surface area contributed by atoms with Gasteiger partial charge in [-0.2, -0.15) is 0 Å². The molecule has 3 rings (SSSR count). The van der Waals surface area contributed by atoms with Gasteiger partial charge in [0.1, 0.15) is 18.3 Å². The van der Waals surface area contributed by atoms with Crippen LogP contribution in [0.2, 0.25) is 0 Å². The van der Waals surface area contributed by atoms with Crippen LogP contribution in [0.15, 0.2) is 22.5 Å². The highest BCUT2D eigenvalue weighted by atomic mass is 32.2. The summed E-state index contributed by atoms with van der Waals surface area (Å²) >= 11 is 1.47. The number of fused-ring (bicyclic) bond motifs is 1. The Morgan fingerprint density at radius 3 is 2.68 bits per heavy atom. The van der Waals surface area contributed by atoms with Crippen LogP contribution in [0.5, 0.6) is 0 Å². The number of rotatable bonds is 6. The molecule has 28 heavy (non-hydrogen) atoms. The van der Waals surface area contributed by atoms with Crippen molar-refractivity contribution in [3.8, 4) is 0 Å². The van der Waals surface area contributed by atoms with Gasteiger partial charge < -0.3 is 9.64 Å². The first-order valence-electron chi connectivity index (χ1n) is 9.32. The number of thioether (sulfide) groups is 1. The van der Waals surface area contributed by atoms with E-state index < -0.39 is 0 Å². The van der Waals surface area contributed by atoms with E-state index in [0.717, 1.165) is 5.75 Å². The van der Waals surface area contributed by atoms with Crippen LogP contribution in [0, 0.1) is 5.92 Å². The second kappa shape index (κ2) is 9.13. The van der Waals surface area contributed by atoms with E-state index in [1.165, 1.54) is 28.9 Å². The van der Waals surface area contributed by atoms with Crippen LogP contribution in [-0.4, -0.2) is 61.7 Å². The maximum Gasteiger partial charge on any atom is 0.309 e. The van der Waals surface area contributed by atoms with Gasteiger partial charge in [0.05, 0.1) is 12.5 Å². The predicted molar refractivity (Wildman–Crippen MR) is 104 cm³/mol. The van der Waals surface area contributed by atoms with Gasteiger partial charge in [0.15, 0.2) is 10.8 Å². The maximum absolute atomic E-state index is 12.6. The van der Waals surface area contributed by atoms with Gasteiger partial charge in [-0.15, -0.1) is 0 Å². The maximum atomic E-state index is 12.6. The molecule has 1 fully saturated rings. The Morgan fingerprint density at radius 2 is 2.00 bits per heavy atom. The van der Waals surface area contributed by atoms with Crippen LogP contribution in [0.25, 0.3) is 11.0 Å². The molecule has 2 aromatic heterocycles. The van der Waals surface area contributed by atoms with Gasteiger partial charge in [-0.25, -0.2) is 15.0 Å². The van der Waals surface area contributed by atoms with Crippen molar-refractivity contribution in [1.82, 2.24) is 24.4 Å². The monoisotopic (exact) mass is 405 g/mol. The summed E-state index contributed by atoms with van der Waals surface area (Å²) in [7, 11) is 0. The van der Waals surface area contributed by atoms with Crippen LogP contribution in [0.4, 0.5) is 0 Å². The van der Waals surface area contributed by atoms with Crippen molar-refractivity contribution >= 4 is 34.7 Å². The molecular weight excluding hydrogens is 382 g/mol. The van der Waals surface area contributed by atoms with Crippen molar-refractivity contribution in [1.29, 1.82) is 0 Å². The molecular formula is C18H23N5O4S. The van der Waals surface area contributed by atoms with Gasteiger partial charge in [-0.05, 0) is 25.5 Å². The van der Waals surface area contributed by atoms with E-state index >= 15 is 0 Å². The fourth-order valence-corrected chi connectivity index (χ4v) is 3.66.